The summed E-state index contributed by atoms with van der Waals surface area (Å²) in [5.74, 6) is 2.45. The summed E-state index contributed by atoms with van der Waals surface area (Å²) in [5.41, 5.74) is 2.06. The van der Waals surface area contributed by atoms with Crippen LogP contribution in [-0.2, 0) is 0 Å². The molecular weight excluding hydrogens is 294 g/mol. The molecule has 1 saturated carbocycles. The molecule has 3 nitrogen and oxygen atoms in total. The van der Waals surface area contributed by atoms with E-state index >= 15 is 0 Å². The molecule has 0 radical (unpaired) electrons. The van der Waals surface area contributed by atoms with Gasteiger partial charge in [-0.2, -0.15) is 0 Å². The van der Waals surface area contributed by atoms with Crippen LogP contribution in [0.5, 0.6) is 0 Å². The van der Waals surface area contributed by atoms with Crippen LogP contribution in [-0.4, -0.2) is 16.0 Å². The fraction of sp³-hybridized carbons (Fsp3) is 0.333. The normalized spacial score (nSPS) is 20.9. The molecule has 2 aromatic carbocycles. The fourth-order valence-electron chi connectivity index (χ4n) is 3.61. The lowest BCUT2D eigenvalue weighted by molar-refractivity contribution is 0.349. The van der Waals surface area contributed by atoms with Crippen LogP contribution in [0.1, 0.15) is 32.6 Å². The third kappa shape index (κ3) is 2.99. The maximum absolute atomic E-state index is 4.88. The van der Waals surface area contributed by atoms with Crippen LogP contribution in [0.25, 0.3) is 22.3 Å². The number of benzene rings is 2. The molecule has 0 spiro atoms. The molecule has 1 fully saturated rings. The molecule has 122 valence electrons. The smallest absolute Gasteiger partial charge is 0.162 e. The third-order valence-corrected chi connectivity index (χ3v) is 5.07. The molecule has 2 atom stereocenters. The summed E-state index contributed by atoms with van der Waals surface area (Å²) in [5, 5.41) is 4.84. The fourth-order valence-corrected chi connectivity index (χ4v) is 3.61. The molecule has 0 bridgehead atoms. The summed E-state index contributed by atoms with van der Waals surface area (Å²) < 4.78 is 0. The molecule has 3 aromatic rings. The Morgan fingerprint density at radius 3 is 2.46 bits per heavy atom. The zero-order chi connectivity index (χ0) is 16.4. The number of hydrogen-bond acceptors (Lipinski definition) is 3. The highest BCUT2D eigenvalue weighted by atomic mass is 15.1. The van der Waals surface area contributed by atoms with Crippen molar-refractivity contribution >= 4 is 16.7 Å². The Bertz CT molecular complexity index is 829. The van der Waals surface area contributed by atoms with Gasteiger partial charge in [0.1, 0.15) is 5.82 Å². The number of nitrogens with zero attached hydrogens (tertiary/aromatic N) is 2. The van der Waals surface area contributed by atoms with Crippen LogP contribution in [0.2, 0.25) is 0 Å². The number of rotatable bonds is 3. The first-order valence-electron chi connectivity index (χ1n) is 8.90. The first kappa shape index (κ1) is 15.1. The molecule has 1 heterocycles. The van der Waals surface area contributed by atoms with Gasteiger partial charge < -0.3 is 5.32 Å². The SMILES string of the molecule is C[C@@H]1CCCC[C@H]1Nc1nc(-c2ccccc2)nc2ccccc12. The van der Waals surface area contributed by atoms with Gasteiger partial charge in [0.15, 0.2) is 5.82 Å². The van der Waals surface area contributed by atoms with Crippen molar-refractivity contribution in [3.63, 3.8) is 0 Å². The minimum atomic E-state index is 0.501. The zero-order valence-electron chi connectivity index (χ0n) is 14.1. The van der Waals surface area contributed by atoms with Crippen molar-refractivity contribution in [2.45, 2.75) is 38.6 Å². The van der Waals surface area contributed by atoms with Crippen molar-refractivity contribution in [1.29, 1.82) is 0 Å². The second-order valence-corrected chi connectivity index (χ2v) is 6.79. The Morgan fingerprint density at radius 2 is 1.62 bits per heavy atom. The van der Waals surface area contributed by atoms with E-state index in [0.717, 1.165) is 28.1 Å². The predicted molar refractivity (Wildman–Crippen MR) is 100 cm³/mol. The number of aromatic nitrogens is 2. The highest BCUT2D eigenvalue weighted by molar-refractivity contribution is 5.90. The zero-order valence-corrected chi connectivity index (χ0v) is 14.1. The van der Waals surface area contributed by atoms with Gasteiger partial charge >= 0.3 is 0 Å². The predicted octanol–water partition coefficient (Wildman–Crippen LogP) is 5.29. The minimum Gasteiger partial charge on any atom is -0.366 e. The molecule has 0 saturated heterocycles. The van der Waals surface area contributed by atoms with E-state index in [4.69, 9.17) is 9.97 Å². The van der Waals surface area contributed by atoms with E-state index in [1.165, 1.54) is 25.7 Å². The van der Waals surface area contributed by atoms with Crippen LogP contribution in [0.3, 0.4) is 0 Å². The van der Waals surface area contributed by atoms with E-state index in [1.54, 1.807) is 0 Å². The van der Waals surface area contributed by atoms with E-state index in [1.807, 2.05) is 24.3 Å². The number of anilines is 1. The largest absolute Gasteiger partial charge is 0.366 e. The lowest BCUT2D eigenvalue weighted by Gasteiger charge is -2.30. The summed E-state index contributed by atoms with van der Waals surface area (Å²) in [6, 6.07) is 19.0. The Balaban J connectivity index is 1.78. The van der Waals surface area contributed by atoms with Gasteiger partial charge in [-0.25, -0.2) is 9.97 Å². The molecule has 24 heavy (non-hydrogen) atoms. The van der Waals surface area contributed by atoms with E-state index < -0.39 is 0 Å². The molecule has 4 rings (SSSR count). The van der Waals surface area contributed by atoms with Gasteiger partial charge in [0.2, 0.25) is 0 Å². The molecule has 0 amide bonds. The summed E-state index contributed by atoms with van der Waals surface area (Å²) in [6.45, 7) is 2.35. The topological polar surface area (TPSA) is 37.8 Å². The second-order valence-electron chi connectivity index (χ2n) is 6.79. The van der Waals surface area contributed by atoms with Crippen LogP contribution >= 0.6 is 0 Å². The Labute approximate surface area is 143 Å². The Hall–Kier alpha value is -2.42. The van der Waals surface area contributed by atoms with Gasteiger partial charge in [0.05, 0.1) is 5.52 Å². The van der Waals surface area contributed by atoms with Crippen molar-refractivity contribution in [3.05, 3.63) is 54.6 Å². The lowest BCUT2D eigenvalue weighted by atomic mass is 9.86. The first-order chi connectivity index (χ1) is 11.8. The van der Waals surface area contributed by atoms with Gasteiger partial charge in [-0.15, -0.1) is 0 Å². The van der Waals surface area contributed by atoms with Crippen molar-refractivity contribution in [3.8, 4) is 11.4 Å². The average Bonchev–Trinajstić information content (AvgIpc) is 2.64. The van der Waals surface area contributed by atoms with Gasteiger partial charge in [0.25, 0.3) is 0 Å². The van der Waals surface area contributed by atoms with Crippen molar-refractivity contribution in [2.24, 2.45) is 5.92 Å². The van der Waals surface area contributed by atoms with Crippen molar-refractivity contribution in [2.75, 3.05) is 5.32 Å². The number of para-hydroxylation sites is 1. The van der Waals surface area contributed by atoms with Crippen LogP contribution in [0.4, 0.5) is 5.82 Å². The molecule has 0 aliphatic heterocycles. The standard InChI is InChI=1S/C21H23N3/c1-15-9-5-7-13-18(15)22-21-17-12-6-8-14-19(17)23-20(24-21)16-10-3-2-4-11-16/h2-4,6,8,10-12,14-15,18H,5,7,9,13H2,1H3,(H,22,23,24)/t15-,18-/m1/s1. The van der Waals surface area contributed by atoms with Gasteiger partial charge in [-0.1, -0.05) is 62.2 Å². The summed E-state index contributed by atoms with van der Waals surface area (Å²) in [6.07, 6.45) is 5.17. The average molecular weight is 317 g/mol. The quantitative estimate of drug-likeness (QED) is 0.713. The number of fused-ring (bicyclic) bond motifs is 1. The molecule has 3 heteroatoms. The van der Waals surface area contributed by atoms with E-state index in [-0.39, 0.29) is 0 Å². The number of nitrogens with one attached hydrogen (secondary N) is 1. The van der Waals surface area contributed by atoms with Crippen molar-refractivity contribution in [1.82, 2.24) is 9.97 Å². The molecule has 1 N–H and O–H groups in total. The maximum Gasteiger partial charge on any atom is 0.162 e. The summed E-state index contributed by atoms with van der Waals surface area (Å²) in [4.78, 5) is 9.64. The maximum atomic E-state index is 4.88. The Kier molecular flexibility index (Phi) is 4.16. The van der Waals surface area contributed by atoms with Gasteiger partial charge in [-0.05, 0) is 30.9 Å². The van der Waals surface area contributed by atoms with Gasteiger partial charge in [0, 0.05) is 17.0 Å². The van der Waals surface area contributed by atoms with Gasteiger partial charge in [-0.3, -0.25) is 0 Å². The van der Waals surface area contributed by atoms with E-state index in [2.05, 4.69) is 42.6 Å². The molecule has 0 unspecified atom stereocenters. The highest BCUT2D eigenvalue weighted by Gasteiger charge is 2.22. The van der Waals surface area contributed by atoms with E-state index in [0.29, 0.717) is 12.0 Å². The van der Waals surface area contributed by atoms with Crippen LogP contribution in [0.15, 0.2) is 54.6 Å². The summed E-state index contributed by atoms with van der Waals surface area (Å²) >= 11 is 0. The molecular formula is C21H23N3. The third-order valence-electron chi connectivity index (χ3n) is 5.07. The first-order valence-corrected chi connectivity index (χ1v) is 8.90. The lowest BCUT2D eigenvalue weighted by Crippen LogP contribution is -2.30. The highest BCUT2D eigenvalue weighted by Crippen LogP contribution is 2.30. The second kappa shape index (κ2) is 6.60. The van der Waals surface area contributed by atoms with Crippen molar-refractivity contribution < 1.29 is 0 Å². The molecule has 1 aliphatic carbocycles. The molecule has 1 aliphatic rings. The summed E-state index contributed by atoms with van der Waals surface area (Å²) in [7, 11) is 0. The van der Waals surface area contributed by atoms with Crippen LogP contribution < -0.4 is 5.32 Å². The molecule has 1 aromatic heterocycles. The van der Waals surface area contributed by atoms with Crippen LogP contribution in [0, 0.1) is 5.92 Å². The minimum absolute atomic E-state index is 0.501. The monoisotopic (exact) mass is 317 g/mol. The Morgan fingerprint density at radius 1 is 0.875 bits per heavy atom. The van der Waals surface area contributed by atoms with E-state index in [9.17, 15) is 0 Å². The number of hydrogen-bond donors (Lipinski definition) is 1.